The molecule has 0 aliphatic carbocycles. The van der Waals surface area contributed by atoms with Crippen LogP contribution in [0.4, 0.5) is 5.13 Å². The molecule has 1 aromatic heterocycles. The summed E-state index contributed by atoms with van der Waals surface area (Å²) in [6.07, 6.45) is 0.411. The molecular weight excluding hydrogens is 460 g/mol. The standard InChI is InChI=1S/C25H23ClN2O2S2/c1-2-30-21-9-6-10-22-24(21)27-25(32-22)28(17-18-7-4-3-5-8-18)23(29)15-16-31-20-13-11-19(26)12-14-20/h3-14H,2,15-17H2,1H3. The van der Waals surface area contributed by atoms with Gasteiger partial charge < -0.3 is 4.74 Å². The van der Waals surface area contributed by atoms with E-state index in [1.165, 1.54) is 11.3 Å². The maximum Gasteiger partial charge on any atom is 0.229 e. The molecule has 0 bridgehead atoms. The molecule has 4 nitrogen and oxygen atoms in total. The Morgan fingerprint density at radius 1 is 1.06 bits per heavy atom. The lowest BCUT2D eigenvalue weighted by atomic mass is 10.2. The molecule has 1 heterocycles. The quantitative estimate of drug-likeness (QED) is 0.239. The fraction of sp³-hybridized carbons (Fsp3) is 0.200. The molecule has 1 amide bonds. The summed E-state index contributed by atoms with van der Waals surface area (Å²) < 4.78 is 6.75. The Morgan fingerprint density at radius 3 is 2.59 bits per heavy atom. The summed E-state index contributed by atoms with van der Waals surface area (Å²) >= 11 is 9.13. The zero-order valence-electron chi connectivity index (χ0n) is 17.7. The lowest BCUT2D eigenvalue weighted by molar-refractivity contribution is -0.118. The number of hydrogen-bond acceptors (Lipinski definition) is 5. The Hall–Kier alpha value is -2.54. The number of thiazole rings is 1. The van der Waals surface area contributed by atoms with Gasteiger partial charge in [0.15, 0.2) is 5.13 Å². The van der Waals surface area contributed by atoms with Gasteiger partial charge in [0.1, 0.15) is 11.3 Å². The Labute approximate surface area is 201 Å². The number of rotatable bonds is 9. The van der Waals surface area contributed by atoms with E-state index in [0.29, 0.717) is 35.5 Å². The van der Waals surface area contributed by atoms with Gasteiger partial charge in [-0.1, -0.05) is 59.3 Å². The van der Waals surface area contributed by atoms with E-state index in [-0.39, 0.29) is 5.91 Å². The molecule has 3 aromatic carbocycles. The molecule has 32 heavy (non-hydrogen) atoms. The molecule has 0 radical (unpaired) electrons. The van der Waals surface area contributed by atoms with E-state index < -0.39 is 0 Å². The summed E-state index contributed by atoms with van der Waals surface area (Å²) in [5, 5.41) is 1.40. The fourth-order valence-electron chi connectivity index (χ4n) is 3.25. The van der Waals surface area contributed by atoms with Gasteiger partial charge >= 0.3 is 0 Å². The van der Waals surface area contributed by atoms with Crippen LogP contribution in [0, 0.1) is 0 Å². The molecule has 0 saturated heterocycles. The van der Waals surface area contributed by atoms with E-state index in [2.05, 4.69) is 0 Å². The normalized spacial score (nSPS) is 10.9. The highest BCUT2D eigenvalue weighted by molar-refractivity contribution is 7.99. The molecule has 7 heteroatoms. The number of halogens is 1. The number of thioether (sulfide) groups is 1. The minimum atomic E-state index is 0.0485. The van der Waals surface area contributed by atoms with E-state index >= 15 is 0 Å². The summed E-state index contributed by atoms with van der Waals surface area (Å²) in [5.41, 5.74) is 1.87. The molecule has 0 N–H and O–H groups in total. The Kier molecular flexibility index (Phi) is 7.68. The van der Waals surface area contributed by atoms with Crippen LogP contribution >= 0.6 is 34.7 Å². The number of aromatic nitrogens is 1. The van der Waals surface area contributed by atoms with Crippen molar-refractivity contribution >= 4 is 56.0 Å². The molecule has 0 fully saturated rings. The fourth-order valence-corrected chi connectivity index (χ4v) is 5.22. The number of amides is 1. The average molecular weight is 483 g/mol. The number of benzene rings is 3. The second-order valence-corrected chi connectivity index (χ2v) is 9.66. The number of para-hydroxylation sites is 1. The van der Waals surface area contributed by atoms with Gasteiger partial charge in [-0.2, -0.15) is 0 Å². The van der Waals surface area contributed by atoms with E-state index in [0.717, 1.165) is 26.4 Å². The summed E-state index contributed by atoms with van der Waals surface area (Å²) in [6, 6.07) is 23.6. The van der Waals surface area contributed by atoms with Crippen molar-refractivity contribution in [2.75, 3.05) is 17.3 Å². The van der Waals surface area contributed by atoms with Crippen LogP contribution in [0.1, 0.15) is 18.9 Å². The second kappa shape index (κ2) is 10.9. The highest BCUT2D eigenvalue weighted by Crippen LogP contribution is 2.35. The number of fused-ring (bicyclic) bond motifs is 1. The first-order valence-electron chi connectivity index (χ1n) is 10.4. The van der Waals surface area contributed by atoms with E-state index in [1.807, 2.05) is 79.7 Å². The average Bonchev–Trinajstić information content (AvgIpc) is 3.24. The molecule has 0 aliphatic rings. The van der Waals surface area contributed by atoms with Crippen LogP contribution in [0.15, 0.2) is 77.7 Å². The Bertz CT molecular complexity index is 1180. The third-order valence-corrected chi connectivity index (χ3v) is 7.09. The highest BCUT2D eigenvalue weighted by Gasteiger charge is 2.21. The van der Waals surface area contributed by atoms with Crippen LogP contribution in [0.25, 0.3) is 10.2 Å². The summed E-state index contributed by atoms with van der Waals surface area (Å²) in [4.78, 5) is 21.0. The molecule has 0 atom stereocenters. The van der Waals surface area contributed by atoms with Crippen molar-refractivity contribution in [2.45, 2.75) is 24.8 Å². The van der Waals surface area contributed by atoms with Gasteiger partial charge in [0, 0.05) is 22.1 Å². The topological polar surface area (TPSA) is 42.4 Å². The third-order valence-electron chi connectivity index (χ3n) is 4.78. The predicted octanol–water partition coefficient (Wildman–Crippen LogP) is 7.06. The maximum atomic E-state index is 13.3. The largest absolute Gasteiger partial charge is 0.492 e. The number of ether oxygens (including phenoxy) is 1. The number of carbonyl (C=O) groups excluding carboxylic acids is 1. The highest BCUT2D eigenvalue weighted by atomic mass is 35.5. The van der Waals surface area contributed by atoms with Gasteiger partial charge in [0.05, 0.1) is 17.9 Å². The minimum absolute atomic E-state index is 0.0485. The number of carbonyl (C=O) groups is 1. The zero-order valence-corrected chi connectivity index (χ0v) is 20.1. The van der Waals surface area contributed by atoms with Gasteiger partial charge in [0.25, 0.3) is 0 Å². The summed E-state index contributed by atoms with van der Waals surface area (Å²) in [5.74, 6) is 1.48. The summed E-state index contributed by atoms with van der Waals surface area (Å²) in [7, 11) is 0. The van der Waals surface area contributed by atoms with Crippen molar-refractivity contribution < 1.29 is 9.53 Å². The first-order valence-corrected chi connectivity index (χ1v) is 12.6. The number of nitrogens with zero attached hydrogens (tertiary/aromatic N) is 2. The van der Waals surface area contributed by atoms with Gasteiger partial charge in [0.2, 0.25) is 5.91 Å². The number of anilines is 1. The zero-order chi connectivity index (χ0) is 22.3. The first kappa shape index (κ1) is 22.6. The lowest BCUT2D eigenvalue weighted by Crippen LogP contribution is -2.30. The van der Waals surface area contributed by atoms with Crippen molar-refractivity contribution in [1.29, 1.82) is 0 Å². The van der Waals surface area contributed by atoms with Crippen LogP contribution < -0.4 is 9.64 Å². The van der Waals surface area contributed by atoms with Crippen LogP contribution in [-0.2, 0) is 11.3 Å². The SMILES string of the molecule is CCOc1cccc2sc(N(Cc3ccccc3)C(=O)CCSc3ccc(Cl)cc3)nc12. The van der Waals surface area contributed by atoms with Crippen LogP contribution in [0.3, 0.4) is 0 Å². The Balaban J connectivity index is 1.55. The van der Waals surface area contributed by atoms with Gasteiger partial charge in [-0.3, -0.25) is 9.69 Å². The van der Waals surface area contributed by atoms with Gasteiger partial charge in [-0.05, 0) is 48.9 Å². The minimum Gasteiger partial charge on any atom is -0.492 e. The predicted molar refractivity (Wildman–Crippen MR) is 135 cm³/mol. The summed E-state index contributed by atoms with van der Waals surface area (Å²) in [6.45, 7) is 3.01. The maximum absolute atomic E-state index is 13.3. The van der Waals surface area contributed by atoms with Crippen LogP contribution in [0.2, 0.25) is 5.02 Å². The Morgan fingerprint density at radius 2 is 1.84 bits per heavy atom. The van der Waals surface area contributed by atoms with Gasteiger partial charge in [-0.25, -0.2) is 4.98 Å². The smallest absolute Gasteiger partial charge is 0.229 e. The monoisotopic (exact) mass is 482 g/mol. The van der Waals surface area contributed by atoms with E-state index in [4.69, 9.17) is 21.3 Å². The molecular formula is C25H23ClN2O2S2. The molecule has 164 valence electrons. The lowest BCUT2D eigenvalue weighted by Gasteiger charge is -2.20. The molecule has 0 aliphatic heterocycles. The van der Waals surface area contributed by atoms with Crippen LogP contribution in [0.5, 0.6) is 5.75 Å². The number of hydrogen-bond donors (Lipinski definition) is 0. The van der Waals surface area contributed by atoms with E-state index in [9.17, 15) is 4.79 Å². The molecule has 4 aromatic rings. The van der Waals surface area contributed by atoms with Crippen molar-refractivity contribution in [1.82, 2.24) is 4.98 Å². The second-order valence-electron chi connectivity index (χ2n) is 7.05. The van der Waals surface area contributed by atoms with Crippen LogP contribution in [-0.4, -0.2) is 23.3 Å². The van der Waals surface area contributed by atoms with Crippen molar-refractivity contribution in [3.8, 4) is 5.75 Å². The van der Waals surface area contributed by atoms with Crippen molar-refractivity contribution in [2.24, 2.45) is 0 Å². The van der Waals surface area contributed by atoms with Gasteiger partial charge in [-0.15, -0.1) is 11.8 Å². The third kappa shape index (κ3) is 5.63. The molecule has 0 unspecified atom stereocenters. The molecule has 4 rings (SSSR count). The molecule has 0 spiro atoms. The first-order chi connectivity index (χ1) is 15.6. The van der Waals surface area contributed by atoms with E-state index in [1.54, 1.807) is 16.7 Å². The molecule has 0 saturated carbocycles. The van der Waals surface area contributed by atoms with Crippen molar-refractivity contribution in [3.63, 3.8) is 0 Å². The van der Waals surface area contributed by atoms with Crippen molar-refractivity contribution in [3.05, 3.63) is 83.4 Å².